The lowest BCUT2D eigenvalue weighted by Gasteiger charge is -2.03. The Hall–Kier alpha value is -0.440. The van der Waals surface area contributed by atoms with Crippen LogP contribution in [0, 0.1) is 0 Å². The molecule has 0 aromatic rings. The minimum absolute atomic E-state index is 0.552. The lowest BCUT2D eigenvalue weighted by atomic mass is 10.2. The Morgan fingerprint density at radius 2 is 1.47 bits per heavy atom. The van der Waals surface area contributed by atoms with Crippen molar-refractivity contribution in [2.75, 3.05) is 23.5 Å². The monoisotopic (exact) mass is 312 g/mol. The van der Waals surface area contributed by atoms with Crippen LogP contribution < -0.4 is 11.5 Å². The van der Waals surface area contributed by atoms with E-state index in [-0.39, 0.29) is 0 Å². The van der Waals surface area contributed by atoms with Crippen molar-refractivity contribution in [2.45, 2.75) is 31.8 Å². The maximum absolute atomic E-state index is 10.2. The molecule has 0 radical (unpaired) electrons. The van der Waals surface area contributed by atoms with Crippen LogP contribution in [0.4, 0.5) is 0 Å². The van der Waals surface area contributed by atoms with Crippen molar-refractivity contribution in [1.29, 1.82) is 0 Å². The molecule has 2 unspecified atom stereocenters. The molecule has 19 heavy (non-hydrogen) atoms. The van der Waals surface area contributed by atoms with Crippen LogP contribution in [-0.4, -0.2) is 57.7 Å². The zero-order valence-corrected chi connectivity index (χ0v) is 13.0. The van der Waals surface area contributed by atoms with Crippen LogP contribution in [0.5, 0.6) is 0 Å². The summed E-state index contributed by atoms with van der Waals surface area (Å²) in [5, 5.41) is 16.6. The summed E-state index contributed by atoms with van der Waals surface area (Å²) in [5.74, 6) is 0.852. The highest BCUT2D eigenvalue weighted by Gasteiger charge is 2.09. The zero-order valence-electron chi connectivity index (χ0n) is 11.4. The molecule has 0 aromatic heterocycles. The van der Waals surface area contributed by atoms with Gasteiger partial charge in [0.2, 0.25) is 0 Å². The van der Waals surface area contributed by atoms with E-state index in [4.69, 9.17) is 21.7 Å². The lowest BCUT2D eigenvalue weighted by Crippen LogP contribution is -2.30. The van der Waals surface area contributed by atoms with E-state index < -0.39 is 24.0 Å². The third kappa shape index (κ3) is 15.5. The van der Waals surface area contributed by atoms with Crippen molar-refractivity contribution in [3.63, 3.8) is 0 Å². The molecule has 0 spiro atoms. The topological polar surface area (TPSA) is 127 Å². The summed E-state index contributed by atoms with van der Waals surface area (Å²) in [6.45, 7) is 2.04. The second kappa shape index (κ2) is 14.0. The van der Waals surface area contributed by atoms with Gasteiger partial charge in [-0.1, -0.05) is 6.92 Å². The first-order chi connectivity index (χ1) is 8.86. The van der Waals surface area contributed by atoms with Gasteiger partial charge in [-0.2, -0.15) is 23.5 Å². The molecule has 0 heterocycles. The van der Waals surface area contributed by atoms with Crippen molar-refractivity contribution in [2.24, 2.45) is 11.5 Å². The number of rotatable bonds is 9. The van der Waals surface area contributed by atoms with Crippen molar-refractivity contribution in [3.05, 3.63) is 0 Å². The predicted molar refractivity (Wildman–Crippen MR) is 81.8 cm³/mol. The summed E-state index contributed by atoms with van der Waals surface area (Å²) in [6, 6.07) is -1.36. The molecule has 0 aromatic carbocycles. The number of carbonyl (C=O) groups is 2. The van der Waals surface area contributed by atoms with Crippen LogP contribution in [-0.2, 0) is 9.59 Å². The summed E-state index contributed by atoms with van der Waals surface area (Å²) >= 11 is 3.31. The van der Waals surface area contributed by atoms with Crippen LogP contribution in [0.2, 0.25) is 0 Å². The smallest absolute Gasteiger partial charge is 0.320 e. The molecule has 0 aliphatic carbocycles. The Labute approximate surface area is 122 Å². The average molecular weight is 312 g/mol. The lowest BCUT2D eigenvalue weighted by molar-refractivity contribution is -0.139. The summed E-state index contributed by atoms with van der Waals surface area (Å²) in [6.07, 6.45) is 3.04. The number of carboxylic acid groups (broad SMARTS) is 2. The molecule has 114 valence electrons. The fourth-order valence-electron chi connectivity index (χ4n) is 0.846. The summed E-state index contributed by atoms with van der Waals surface area (Å²) in [4.78, 5) is 20.2. The highest BCUT2D eigenvalue weighted by atomic mass is 32.2. The van der Waals surface area contributed by atoms with Crippen molar-refractivity contribution in [1.82, 2.24) is 0 Å². The van der Waals surface area contributed by atoms with Crippen molar-refractivity contribution < 1.29 is 19.8 Å². The molecule has 2 atom stereocenters. The van der Waals surface area contributed by atoms with E-state index in [0.29, 0.717) is 12.8 Å². The van der Waals surface area contributed by atoms with Gasteiger partial charge < -0.3 is 21.7 Å². The summed E-state index contributed by atoms with van der Waals surface area (Å²) < 4.78 is 0. The van der Waals surface area contributed by atoms with Gasteiger partial charge in [-0.25, -0.2) is 0 Å². The minimum Gasteiger partial charge on any atom is -0.480 e. The first-order valence-corrected chi connectivity index (χ1v) is 8.45. The van der Waals surface area contributed by atoms with E-state index in [0.717, 1.165) is 17.3 Å². The molecule has 8 heteroatoms. The van der Waals surface area contributed by atoms with Crippen molar-refractivity contribution >= 4 is 35.5 Å². The van der Waals surface area contributed by atoms with Gasteiger partial charge in [0.15, 0.2) is 0 Å². The molecule has 0 aliphatic rings. The molecule has 6 N–H and O–H groups in total. The highest BCUT2D eigenvalue weighted by molar-refractivity contribution is 7.99. The maximum Gasteiger partial charge on any atom is 0.320 e. The van der Waals surface area contributed by atoms with E-state index in [1.54, 1.807) is 23.5 Å². The Kier molecular flexibility index (Phi) is 15.4. The van der Waals surface area contributed by atoms with E-state index >= 15 is 0 Å². The molecule has 0 aliphatic heterocycles. The highest BCUT2D eigenvalue weighted by Crippen LogP contribution is 2.02. The van der Waals surface area contributed by atoms with Gasteiger partial charge in [-0.15, -0.1) is 0 Å². The second-order valence-electron chi connectivity index (χ2n) is 3.66. The minimum atomic E-state index is -0.913. The molecule has 0 amide bonds. The Morgan fingerprint density at radius 3 is 1.79 bits per heavy atom. The largest absolute Gasteiger partial charge is 0.480 e. The van der Waals surface area contributed by atoms with Crippen LogP contribution in [0.25, 0.3) is 0 Å². The maximum atomic E-state index is 10.2. The first-order valence-electron chi connectivity index (χ1n) is 5.90. The molecular formula is C11H24N2O4S2. The van der Waals surface area contributed by atoms with E-state index in [2.05, 4.69) is 0 Å². The van der Waals surface area contributed by atoms with Crippen LogP contribution >= 0.6 is 23.5 Å². The Balaban J connectivity index is 0. The van der Waals surface area contributed by atoms with Crippen LogP contribution in [0.1, 0.15) is 19.8 Å². The van der Waals surface area contributed by atoms with Gasteiger partial charge in [-0.05, 0) is 36.4 Å². The zero-order chi connectivity index (χ0) is 15.3. The average Bonchev–Trinajstić information content (AvgIpc) is 2.36. The van der Waals surface area contributed by atoms with E-state index in [1.807, 2.05) is 13.2 Å². The van der Waals surface area contributed by atoms with E-state index in [1.165, 1.54) is 0 Å². The number of thioether (sulfide) groups is 2. The fraction of sp³-hybridized carbons (Fsp3) is 0.818. The number of carboxylic acids is 2. The van der Waals surface area contributed by atoms with Crippen molar-refractivity contribution in [3.8, 4) is 0 Å². The molecule has 0 bridgehead atoms. The number of hydrogen-bond donors (Lipinski definition) is 4. The third-order valence-electron chi connectivity index (χ3n) is 2.04. The van der Waals surface area contributed by atoms with Crippen LogP contribution in [0.15, 0.2) is 0 Å². The van der Waals surface area contributed by atoms with Gasteiger partial charge >= 0.3 is 11.9 Å². The van der Waals surface area contributed by atoms with Gasteiger partial charge in [0.25, 0.3) is 0 Å². The quantitative estimate of drug-likeness (QED) is 0.458. The van der Waals surface area contributed by atoms with Crippen LogP contribution in [0.3, 0.4) is 0 Å². The molecule has 0 saturated heterocycles. The number of nitrogens with two attached hydrogens (primary N) is 2. The fourth-order valence-corrected chi connectivity index (χ4v) is 2.05. The Bertz CT molecular complexity index is 255. The number of hydrogen-bond acceptors (Lipinski definition) is 6. The normalized spacial score (nSPS) is 13.1. The second-order valence-corrected chi connectivity index (χ2v) is 6.04. The molecule has 0 fully saturated rings. The molecular weight excluding hydrogens is 288 g/mol. The van der Waals surface area contributed by atoms with Gasteiger partial charge in [0, 0.05) is 0 Å². The standard InChI is InChI=1S/C6H13NO2S.C5H11NO2S/c1-2-10-4-3-5(7)6(8)9;1-9-3-2-4(6)5(7)8/h5H,2-4,7H2,1H3,(H,8,9);4H,2-3,6H2,1H3,(H,7,8). The number of aliphatic carboxylic acids is 2. The molecule has 0 saturated carbocycles. The van der Waals surface area contributed by atoms with Gasteiger partial charge in [0.1, 0.15) is 12.1 Å². The molecule has 0 rings (SSSR count). The predicted octanol–water partition coefficient (Wildman–Crippen LogP) is 0.693. The van der Waals surface area contributed by atoms with Gasteiger partial charge in [0.05, 0.1) is 0 Å². The first kappa shape index (κ1) is 20.9. The molecule has 6 nitrogen and oxygen atoms in total. The summed E-state index contributed by atoms with van der Waals surface area (Å²) in [7, 11) is 0. The van der Waals surface area contributed by atoms with E-state index in [9.17, 15) is 9.59 Å². The summed E-state index contributed by atoms with van der Waals surface area (Å²) in [5.41, 5.74) is 10.4. The SMILES string of the molecule is CCSCCC(N)C(=O)O.CSCCC(N)C(=O)O. The van der Waals surface area contributed by atoms with Gasteiger partial charge in [-0.3, -0.25) is 9.59 Å². The third-order valence-corrected chi connectivity index (χ3v) is 3.62. The Morgan fingerprint density at radius 1 is 1.05 bits per heavy atom.